The molecule has 5 heteroatoms. The Balaban J connectivity index is 1.92. The van der Waals surface area contributed by atoms with Crippen molar-refractivity contribution in [3.05, 3.63) is 11.7 Å². The summed E-state index contributed by atoms with van der Waals surface area (Å²) in [7, 11) is 0. The van der Waals surface area contributed by atoms with E-state index in [4.69, 9.17) is 10.3 Å². The Labute approximate surface area is 96.0 Å². The zero-order chi connectivity index (χ0) is 11.5. The normalized spacial score (nSPS) is 22.9. The second-order valence-corrected chi connectivity index (χ2v) is 4.84. The molecule has 0 bridgehead atoms. The van der Waals surface area contributed by atoms with Crippen molar-refractivity contribution in [1.82, 2.24) is 15.0 Å². The molecule has 90 valence electrons. The molecule has 1 atom stereocenters. The highest BCUT2D eigenvalue weighted by Crippen LogP contribution is 2.14. The van der Waals surface area contributed by atoms with Gasteiger partial charge in [0.05, 0.1) is 6.54 Å². The number of hydrogen-bond donors (Lipinski definition) is 1. The van der Waals surface area contributed by atoms with E-state index in [1.165, 1.54) is 0 Å². The number of hydrogen-bond acceptors (Lipinski definition) is 5. The molecule has 0 radical (unpaired) electrons. The monoisotopic (exact) mass is 224 g/mol. The summed E-state index contributed by atoms with van der Waals surface area (Å²) >= 11 is 0. The van der Waals surface area contributed by atoms with Gasteiger partial charge in [-0.25, -0.2) is 0 Å². The van der Waals surface area contributed by atoms with Crippen LogP contribution >= 0.6 is 0 Å². The van der Waals surface area contributed by atoms with Crippen molar-refractivity contribution < 1.29 is 4.52 Å². The molecule has 0 aromatic carbocycles. The van der Waals surface area contributed by atoms with Crippen LogP contribution in [0.5, 0.6) is 0 Å². The lowest BCUT2D eigenvalue weighted by atomic mass is 10.1. The molecule has 1 aliphatic rings. The standard InChI is InChI=1S/C11H20N4O/c1-8(2)11-13-10(16-14-11)7-15-5-3-4-9(12)6-15/h8-9H,3-7,12H2,1-2H3. The summed E-state index contributed by atoms with van der Waals surface area (Å²) in [5, 5.41) is 3.96. The fraction of sp³-hybridized carbons (Fsp3) is 0.818. The summed E-state index contributed by atoms with van der Waals surface area (Å²) < 4.78 is 5.22. The number of nitrogens with zero attached hydrogens (tertiary/aromatic N) is 3. The Morgan fingerprint density at radius 3 is 3.00 bits per heavy atom. The van der Waals surface area contributed by atoms with E-state index in [2.05, 4.69) is 28.9 Å². The van der Waals surface area contributed by atoms with Crippen LogP contribution in [0.15, 0.2) is 4.52 Å². The molecular weight excluding hydrogens is 204 g/mol. The molecule has 1 aromatic rings. The van der Waals surface area contributed by atoms with Crippen LogP contribution in [0.2, 0.25) is 0 Å². The van der Waals surface area contributed by atoms with Gasteiger partial charge >= 0.3 is 0 Å². The van der Waals surface area contributed by atoms with E-state index < -0.39 is 0 Å². The second kappa shape index (κ2) is 4.93. The topological polar surface area (TPSA) is 68.2 Å². The fourth-order valence-electron chi connectivity index (χ4n) is 1.99. The molecule has 2 rings (SSSR count). The average molecular weight is 224 g/mol. The van der Waals surface area contributed by atoms with Crippen LogP contribution < -0.4 is 5.73 Å². The maximum atomic E-state index is 5.92. The molecule has 0 spiro atoms. The van der Waals surface area contributed by atoms with Gasteiger partial charge in [-0.15, -0.1) is 0 Å². The fourth-order valence-corrected chi connectivity index (χ4v) is 1.99. The third-order valence-electron chi connectivity index (χ3n) is 2.90. The lowest BCUT2D eigenvalue weighted by molar-refractivity contribution is 0.178. The molecule has 0 amide bonds. The van der Waals surface area contributed by atoms with Crippen LogP contribution in [0.3, 0.4) is 0 Å². The van der Waals surface area contributed by atoms with Crippen LogP contribution in [-0.4, -0.2) is 34.2 Å². The largest absolute Gasteiger partial charge is 0.338 e. The smallest absolute Gasteiger partial charge is 0.240 e. The summed E-state index contributed by atoms with van der Waals surface area (Å²) in [5.41, 5.74) is 5.92. The lowest BCUT2D eigenvalue weighted by Crippen LogP contribution is -2.42. The molecule has 0 saturated carbocycles. The molecule has 1 saturated heterocycles. The predicted molar refractivity (Wildman–Crippen MR) is 60.9 cm³/mol. The summed E-state index contributed by atoms with van der Waals surface area (Å²) in [4.78, 5) is 6.65. The van der Waals surface area contributed by atoms with Crippen LogP contribution in [-0.2, 0) is 6.54 Å². The maximum Gasteiger partial charge on any atom is 0.240 e. The lowest BCUT2D eigenvalue weighted by Gasteiger charge is -2.29. The highest BCUT2D eigenvalue weighted by molar-refractivity contribution is 4.92. The van der Waals surface area contributed by atoms with E-state index >= 15 is 0 Å². The summed E-state index contributed by atoms with van der Waals surface area (Å²) in [6.07, 6.45) is 2.28. The van der Waals surface area contributed by atoms with Crippen molar-refractivity contribution in [3.8, 4) is 0 Å². The minimum Gasteiger partial charge on any atom is -0.338 e. The second-order valence-electron chi connectivity index (χ2n) is 4.84. The molecule has 1 fully saturated rings. The first-order chi connectivity index (χ1) is 7.65. The van der Waals surface area contributed by atoms with Gasteiger partial charge < -0.3 is 10.3 Å². The van der Waals surface area contributed by atoms with Crippen molar-refractivity contribution in [2.45, 2.75) is 45.2 Å². The van der Waals surface area contributed by atoms with Crippen LogP contribution in [0, 0.1) is 0 Å². The first-order valence-corrected chi connectivity index (χ1v) is 5.95. The van der Waals surface area contributed by atoms with Crippen molar-refractivity contribution in [2.75, 3.05) is 13.1 Å². The zero-order valence-electron chi connectivity index (χ0n) is 10.0. The van der Waals surface area contributed by atoms with Gasteiger partial charge in [0.15, 0.2) is 5.82 Å². The Kier molecular flexibility index (Phi) is 3.56. The van der Waals surface area contributed by atoms with E-state index in [-0.39, 0.29) is 0 Å². The van der Waals surface area contributed by atoms with Crippen LogP contribution in [0.25, 0.3) is 0 Å². The van der Waals surface area contributed by atoms with Crippen LogP contribution in [0.1, 0.15) is 44.3 Å². The number of rotatable bonds is 3. The molecule has 1 aliphatic heterocycles. The number of nitrogens with two attached hydrogens (primary N) is 1. The highest BCUT2D eigenvalue weighted by atomic mass is 16.5. The first kappa shape index (κ1) is 11.5. The summed E-state index contributed by atoms with van der Waals surface area (Å²) in [6, 6.07) is 0.293. The Bertz CT molecular complexity index is 336. The molecule has 5 nitrogen and oxygen atoms in total. The number of piperidine rings is 1. The first-order valence-electron chi connectivity index (χ1n) is 5.95. The Hall–Kier alpha value is -0.940. The van der Waals surface area contributed by atoms with Gasteiger partial charge in [0.1, 0.15) is 0 Å². The van der Waals surface area contributed by atoms with Crippen molar-refractivity contribution in [2.24, 2.45) is 5.73 Å². The molecule has 1 unspecified atom stereocenters. The molecule has 2 heterocycles. The molecule has 2 N–H and O–H groups in total. The molecule has 1 aromatic heterocycles. The number of likely N-dealkylation sites (tertiary alicyclic amines) is 1. The maximum absolute atomic E-state index is 5.92. The van der Waals surface area contributed by atoms with Gasteiger partial charge in [0, 0.05) is 18.5 Å². The Morgan fingerprint density at radius 1 is 1.56 bits per heavy atom. The average Bonchev–Trinajstić information content (AvgIpc) is 2.66. The SMILES string of the molecule is CC(C)c1noc(CN2CCCC(N)C2)n1. The van der Waals surface area contributed by atoms with E-state index in [0.29, 0.717) is 17.9 Å². The van der Waals surface area contributed by atoms with Crippen molar-refractivity contribution in [3.63, 3.8) is 0 Å². The van der Waals surface area contributed by atoms with E-state index in [1.807, 2.05) is 0 Å². The van der Waals surface area contributed by atoms with Gasteiger partial charge in [-0.1, -0.05) is 19.0 Å². The number of aromatic nitrogens is 2. The third kappa shape index (κ3) is 2.80. The molecular formula is C11H20N4O. The Morgan fingerprint density at radius 2 is 2.38 bits per heavy atom. The van der Waals surface area contributed by atoms with E-state index in [9.17, 15) is 0 Å². The molecule has 16 heavy (non-hydrogen) atoms. The van der Waals surface area contributed by atoms with Gasteiger partial charge in [-0.05, 0) is 19.4 Å². The third-order valence-corrected chi connectivity index (χ3v) is 2.90. The van der Waals surface area contributed by atoms with Gasteiger partial charge in [-0.3, -0.25) is 4.90 Å². The van der Waals surface area contributed by atoms with Crippen molar-refractivity contribution in [1.29, 1.82) is 0 Å². The predicted octanol–water partition coefficient (Wildman–Crippen LogP) is 1.12. The van der Waals surface area contributed by atoms with Crippen molar-refractivity contribution >= 4 is 0 Å². The van der Waals surface area contributed by atoms with Gasteiger partial charge in [0.2, 0.25) is 5.89 Å². The van der Waals surface area contributed by atoms with Crippen LogP contribution in [0.4, 0.5) is 0 Å². The minimum absolute atomic E-state index is 0.293. The van der Waals surface area contributed by atoms with E-state index in [0.717, 1.165) is 38.3 Å². The minimum atomic E-state index is 0.293. The quantitative estimate of drug-likeness (QED) is 0.833. The zero-order valence-corrected chi connectivity index (χ0v) is 10.0. The van der Waals surface area contributed by atoms with Gasteiger partial charge in [-0.2, -0.15) is 4.98 Å². The van der Waals surface area contributed by atoms with E-state index in [1.54, 1.807) is 0 Å². The summed E-state index contributed by atoms with van der Waals surface area (Å²) in [5.74, 6) is 1.82. The highest BCUT2D eigenvalue weighted by Gasteiger charge is 2.19. The van der Waals surface area contributed by atoms with Gasteiger partial charge in [0.25, 0.3) is 0 Å². The molecule has 0 aliphatic carbocycles. The summed E-state index contributed by atoms with van der Waals surface area (Å²) in [6.45, 7) is 6.86.